The quantitative estimate of drug-likeness (QED) is 0.427. The molecular formula is C12H19N5O4. The van der Waals surface area contributed by atoms with Crippen LogP contribution in [0.2, 0.25) is 0 Å². The average molecular weight is 297 g/mol. The van der Waals surface area contributed by atoms with Crippen molar-refractivity contribution in [2.45, 2.75) is 18.9 Å². The lowest BCUT2D eigenvalue weighted by Crippen LogP contribution is -2.33. The van der Waals surface area contributed by atoms with Gasteiger partial charge in [0.1, 0.15) is 6.33 Å². The van der Waals surface area contributed by atoms with Gasteiger partial charge in [0.2, 0.25) is 5.82 Å². The Bertz CT molecular complexity index is 479. The summed E-state index contributed by atoms with van der Waals surface area (Å²) in [6.07, 6.45) is 3.45. The molecule has 0 radical (unpaired) electrons. The van der Waals surface area contributed by atoms with Gasteiger partial charge in [-0.3, -0.25) is 10.1 Å². The van der Waals surface area contributed by atoms with Gasteiger partial charge in [-0.15, -0.1) is 0 Å². The number of ether oxygens (including phenoxy) is 2. The van der Waals surface area contributed by atoms with Gasteiger partial charge in [0.15, 0.2) is 0 Å². The Balaban J connectivity index is 1.86. The van der Waals surface area contributed by atoms with E-state index < -0.39 is 4.92 Å². The normalized spacial score (nSPS) is 15.7. The molecule has 1 aliphatic rings. The van der Waals surface area contributed by atoms with E-state index in [0.717, 1.165) is 25.9 Å². The van der Waals surface area contributed by atoms with Crippen LogP contribution in [0.4, 0.5) is 11.5 Å². The first-order valence-electron chi connectivity index (χ1n) is 6.82. The third kappa shape index (κ3) is 4.23. The smallest absolute Gasteiger partial charge is 0.372 e. The van der Waals surface area contributed by atoms with E-state index in [1.54, 1.807) is 0 Å². The average Bonchev–Trinajstić information content (AvgIpc) is 2.52. The zero-order valence-corrected chi connectivity index (χ0v) is 11.9. The number of methoxy groups -OCH3 is 1. The fourth-order valence-electron chi connectivity index (χ4n) is 2.16. The fourth-order valence-corrected chi connectivity index (χ4v) is 2.16. The van der Waals surface area contributed by atoms with E-state index in [2.05, 4.69) is 20.6 Å². The van der Waals surface area contributed by atoms with Crippen LogP contribution in [-0.4, -0.2) is 54.3 Å². The number of aromatic nitrogens is 2. The molecule has 2 N–H and O–H groups in total. The van der Waals surface area contributed by atoms with Crippen LogP contribution in [0.15, 0.2) is 6.33 Å². The van der Waals surface area contributed by atoms with Gasteiger partial charge >= 0.3 is 5.69 Å². The monoisotopic (exact) mass is 297 g/mol. The largest absolute Gasteiger partial charge is 0.476 e. The Hall–Kier alpha value is -2.00. The van der Waals surface area contributed by atoms with Crippen molar-refractivity contribution in [3.05, 3.63) is 16.4 Å². The standard InChI is InChI=1S/C12H19N5O4/c1-20-12-10(17(18)19)11(15-8-16-12)14-6-7-21-9-2-4-13-5-3-9/h8-9,13H,2-7H2,1H3,(H,14,15,16). The maximum atomic E-state index is 11.0. The maximum absolute atomic E-state index is 11.0. The van der Waals surface area contributed by atoms with Crippen LogP contribution in [0.3, 0.4) is 0 Å². The van der Waals surface area contributed by atoms with Crippen LogP contribution in [0.25, 0.3) is 0 Å². The minimum atomic E-state index is -0.561. The number of piperidine rings is 1. The molecule has 0 bridgehead atoms. The van der Waals surface area contributed by atoms with Crippen molar-refractivity contribution in [3.8, 4) is 5.88 Å². The Kier molecular flexibility index (Phi) is 5.64. The van der Waals surface area contributed by atoms with Gasteiger partial charge in [0.05, 0.1) is 24.7 Å². The second-order valence-electron chi connectivity index (χ2n) is 4.58. The van der Waals surface area contributed by atoms with E-state index in [0.29, 0.717) is 13.2 Å². The molecule has 1 saturated heterocycles. The molecule has 0 saturated carbocycles. The first-order chi connectivity index (χ1) is 10.2. The molecule has 9 nitrogen and oxygen atoms in total. The van der Waals surface area contributed by atoms with E-state index in [1.807, 2.05) is 0 Å². The van der Waals surface area contributed by atoms with Crippen molar-refractivity contribution in [2.75, 3.05) is 38.7 Å². The van der Waals surface area contributed by atoms with Gasteiger partial charge in [-0.25, -0.2) is 4.98 Å². The van der Waals surface area contributed by atoms with Crippen molar-refractivity contribution in [1.82, 2.24) is 15.3 Å². The predicted octanol–water partition coefficient (Wildman–Crippen LogP) is 0.574. The minimum Gasteiger partial charge on any atom is -0.476 e. The van der Waals surface area contributed by atoms with Gasteiger partial charge < -0.3 is 20.1 Å². The number of nitrogens with zero attached hydrogens (tertiary/aromatic N) is 3. The number of hydrogen-bond acceptors (Lipinski definition) is 8. The molecule has 2 rings (SSSR count). The third-order valence-corrected chi connectivity index (χ3v) is 3.20. The third-order valence-electron chi connectivity index (χ3n) is 3.20. The zero-order valence-electron chi connectivity index (χ0n) is 11.9. The second kappa shape index (κ2) is 7.70. The van der Waals surface area contributed by atoms with E-state index in [-0.39, 0.29) is 23.5 Å². The molecule has 0 aliphatic carbocycles. The molecule has 116 valence electrons. The first kappa shape index (κ1) is 15.4. The molecule has 0 amide bonds. The number of nitrogens with one attached hydrogen (secondary N) is 2. The van der Waals surface area contributed by atoms with Gasteiger partial charge in [-0.05, 0) is 25.9 Å². The SMILES string of the molecule is COc1ncnc(NCCOC2CCNCC2)c1[N+](=O)[O-]. The summed E-state index contributed by atoms with van der Waals surface area (Å²) >= 11 is 0. The number of nitro groups is 1. The number of rotatable bonds is 7. The molecule has 1 fully saturated rings. The Morgan fingerprint density at radius 3 is 2.90 bits per heavy atom. The van der Waals surface area contributed by atoms with Crippen molar-refractivity contribution in [2.24, 2.45) is 0 Å². The molecule has 0 atom stereocenters. The summed E-state index contributed by atoms with van der Waals surface area (Å²) in [5, 5.41) is 17.2. The van der Waals surface area contributed by atoms with Crippen LogP contribution >= 0.6 is 0 Å². The van der Waals surface area contributed by atoms with E-state index >= 15 is 0 Å². The number of anilines is 1. The lowest BCUT2D eigenvalue weighted by atomic mass is 10.1. The van der Waals surface area contributed by atoms with Crippen molar-refractivity contribution in [1.29, 1.82) is 0 Å². The summed E-state index contributed by atoms with van der Waals surface area (Å²) in [7, 11) is 1.33. The van der Waals surface area contributed by atoms with Crippen molar-refractivity contribution in [3.63, 3.8) is 0 Å². The van der Waals surface area contributed by atoms with Gasteiger partial charge in [-0.1, -0.05) is 0 Å². The van der Waals surface area contributed by atoms with E-state index in [1.165, 1.54) is 13.4 Å². The molecule has 1 aromatic rings. The highest BCUT2D eigenvalue weighted by atomic mass is 16.6. The predicted molar refractivity (Wildman–Crippen MR) is 75.6 cm³/mol. The summed E-state index contributed by atoms with van der Waals surface area (Å²) in [6.45, 7) is 2.83. The Labute approximate surface area is 122 Å². The molecule has 2 heterocycles. The van der Waals surface area contributed by atoms with Crippen LogP contribution in [0.5, 0.6) is 5.88 Å². The lowest BCUT2D eigenvalue weighted by molar-refractivity contribution is -0.385. The maximum Gasteiger partial charge on any atom is 0.372 e. The van der Waals surface area contributed by atoms with E-state index in [4.69, 9.17) is 9.47 Å². The van der Waals surface area contributed by atoms with Crippen LogP contribution < -0.4 is 15.4 Å². The molecule has 21 heavy (non-hydrogen) atoms. The van der Waals surface area contributed by atoms with Gasteiger partial charge in [0.25, 0.3) is 5.88 Å². The second-order valence-corrected chi connectivity index (χ2v) is 4.58. The highest BCUT2D eigenvalue weighted by molar-refractivity contribution is 5.60. The van der Waals surface area contributed by atoms with Crippen LogP contribution in [0.1, 0.15) is 12.8 Å². The minimum absolute atomic E-state index is 0.0585. The molecule has 1 aliphatic heterocycles. The topological polar surface area (TPSA) is 111 Å². The van der Waals surface area contributed by atoms with Crippen LogP contribution in [0, 0.1) is 10.1 Å². The summed E-state index contributed by atoms with van der Waals surface area (Å²) in [4.78, 5) is 18.1. The summed E-state index contributed by atoms with van der Waals surface area (Å²) < 4.78 is 10.6. The van der Waals surface area contributed by atoms with Crippen molar-refractivity contribution < 1.29 is 14.4 Å². The molecule has 0 unspecified atom stereocenters. The Morgan fingerprint density at radius 2 is 2.24 bits per heavy atom. The van der Waals surface area contributed by atoms with Gasteiger partial charge in [-0.2, -0.15) is 4.98 Å². The zero-order chi connectivity index (χ0) is 15.1. The Morgan fingerprint density at radius 1 is 1.48 bits per heavy atom. The molecule has 1 aromatic heterocycles. The molecule has 9 heteroatoms. The highest BCUT2D eigenvalue weighted by Crippen LogP contribution is 2.30. The van der Waals surface area contributed by atoms with Gasteiger partial charge in [0, 0.05) is 6.54 Å². The number of hydrogen-bond donors (Lipinski definition) is 2. The first-order valence-corrected chi connectivity index (χ1v) is 6.82. The molecular weight excluding hydrogens is 278 g/mol. The van der Waals surface area contributed by atoms with Crippen molar-refractivity contribution >= 4 is 11.5 Å². The lowest BCUT2D eigenvalue weighted by Gasteiger charge is -2.22. The summed E-state index contributed by atoms with van der Waals surface area (Å²) in [5.74, 6) is 0.0811. The summed E-state index contributed by atoms with van der Waals surface area (Å²) in [6, 6.07) is 0. The highest BCUT2D eigenvalue weighted by Gasteiger charge is 2.23. The molecule has 0 aromatic carbocycles. The molecule has 0 spiro atoms. The summed E-state index contributed by atoms with van der Waals surface area (Å²) in [5.41, 5.74) is -0.262. The van der Waals surface area contributed by atoms with Crippen LogP contribution in [-0.2, 0) is 4.74 Å². The van der Waals surface area contributed by atoms with E-state index in [9.17, 15) is 10.1 Å². The fraction of sp³-hybridized carbons (Fsp3) is 0.667.